The zero-order chi connectivity index (χ0) is 23.0. The first-order chi connectivity index (χ1) is 16.7. The number of nitrogens with one attached hydrogen (secondary N) is 1. The largest absolute Gasteiger partial charge is 0.378 e. The number of ether oxygens (including phenoxy) is 1. The van der Waals surface area contributed by atoms with E-state index in [0.717, 1.165) is 51.0 Å². The fraction of sp³-hybridized carbons (Fsp3) is 0.593. The summed E-state index contributed by atoms with van der Waals surface area (Å²) in [6.07, 6.45) is 10.8. The molecule has 4 fully saturated rings. The van der Waals surface area contributed by atoms with Crippen LogP contribution < -0.4 is 10.2 Å². The maximum atomic E-state index is 9.27. The van der Waals surface area contributed by atoms with Crippen LogP contribution in [-0.4, -0.2) is 60.3 Å². The predicted molar refractivity (Wildman–Crippen MR) is 132 cm³/mol. The van der Waals surface area contributed by atoms with Gasteiger partial charge in [0, 0.05) is 19.3 Å². The monoisotopic (exact) mass is 458 g/mol. The van der Waals surface area contributed by atoms with Gasteiger partial charge in [-0.25, -0.2) is 9.97 Å². The number of likely N-dealkylation sites (tertiary alicyclic amines) is 1. The third-order valence-corrected chi connectivity index (χ3v) is 8.54. The third-order valence-electron chi connectivity index (χ3n) is 8.54. The predicted octanol–water partition coefficient (Wildman–Crippen LogP) is 4.44. The summed E-state index contributed by atoms with van der Waals surface area (Å²) in [6.45, 7) is 6.28. The first-order valence-corrected chi connectivity index (χ1v) is 12.9. The van der Waals surface area contributed by atoms with Crippen molar-refractivity contribution >= 4 is 17.5 Å². The lowest BCUT2D eigenvalue weighted by Gasteiger charge is -2.41. The molecule has 5 heterocycles. The summed E-state index contributed by atoms with van der Waals surface area (Å²) in [7, 11) is 0. The topological polar surface area (TPSA) is 77.3 Å². The molecule has 3 aliphatic heterocycles. The Kier molecular flexibility index (Phi) is 5.88. The van der Waals surface area contributed by atoms with Gasteiger partial charge in [0.1, 0.15) is 17.5 Å². The first kappa shape index (κ1) is 21.8. The summed E-state index contributed by atoms with van der Waals surface area (Å²) in [4.78, 5) is 14.6. The molecule has 178 valence electrons. The molecule has 34 heavy (non-hydrogen) atoms. The van der Waals surface area contributed by atoms with E-state index in [1.165, 1.54) is 50.5 Å². The van der Waals surface area contributed by atoms with E-state index in [-0.39, 0.29) is 0 Å². The molecule has 7 nitrogen and oxygen atoms in total. The highest BCUT2D eigenvalue weighted by Crippen LogP contribution is 2.46. The molecule has 1 N–H and O–H groups in total. The number of pyridine rings is 2. The zero-order valence-corrected chi connectivity index (χ0v) is 19.9. The van der Waals surface area contributed by atoms with E-state index < -0.39 is 0 Å². The second kappa shape index (κ2) is 9.16. The summed E-state index contributed by atoms with van der Waals surface area (Å²) in [5, 5.41) is 12.7. The normalized spacial score (nSPS) is 23.2. The molecule has 0 radical (unpaired) electrons. The van der Waals surface area contributed by atoms with E-state index >= 15 is 0 Å². The van der Waals surface area contributed by atoms with E-state index in [1.807, 2.05) is 0 Å². The Balaban J connectivity index is 1.25. The van der Waals surface area contributed by atoms with Gasteiger partial charge in [0.25, 0.3) is 0 Å². The summed E-state index contributed by atoms with van der Waals surface area (Å²) in [5.74, 6) is 3.14. The van der Waals surface area contributed by atoms with Crippen LogP contribution in [-0.2, 0) is 4.74 Å². The zero-order valence-electron chi connectivity index (χ0n) is 19.9. The van der Waals surface area contributed by atoms with E-state index in [1.54, 1.807) is 18.3 Å². The molecule has 2 aromatic rings. The second-order valence-electron chi connectivity index (χ2n) is 10.7. The Bertz CT molecular complexity index is 1060. The number of hydrogen-bond acceptors (Lipinski definition) is 7. The van der Waals surface area contributed by atoms with Gasteiger partial charge < -0.3 is 15.0 Å². The van der Waals surface area contributed by atoms with E-state index in [4.69, 9.17) is 9.72 Å². The van der Waals surface area contributed by atoms with Crippen LogP contribution in [0.3, 0.4) is 0 Å². The van der Waals surface area contributed by atoms with Gasteiger partial charge in [-0.15, -0.1) is 0 Å². The number of nitrogens with zero attached hydrogens (tertiary/aromatic N) is 5. The third kappa shape index (κ3) is 4.37. The lowest BCUT2D eigenvalue weighted by atomic mass is 9.86. The summed E-state index contributed by atoms with van der Waals surface area (Å²) in [6, 6.07) is 10.9. The van der Waals surface area contributed by atoms with Crippen LogP contribution >= 0.6 is 0 Å². The quantitative estimate of drug-likeness (QED) is 0.710. The second-order valence-corrected chi connectivity index (χ2v) is 10.7. The number of hydrogen-bond donors (Lipinski definition) is 1. The molecule has 0 unspecified atom stereocenters. The van der Waals surface area contributed by atoms with Gasteiger partial charge in [-0.05, 0) is 86.4 Å². The van der Waals surface area contributed by atoms with Crippen LogP contribution in [0.15, 0.2) is 30.5 Å². The van der Waals surface area contributed by atoms with Crippen molar-refractivity contribution in [1.29, 1.82) is 5.26 Å². The number of nitriles is 1. The molecule has 2 aromatic heterocycles. The lowest BCUT2D eigenvalue weighted by Crippen LogP contribution is -2.51. The molecular weight excluding hydrogens is 424 g/mol. The van der Waals surface area contributed by atoms with E-state index in [9.17, 15) is 5.26 Å². The van der Waals surface area contributed by atoms with Crippen molar-refractivity contribution in [2.24, 2.45) is 5.41 Å². The Morgan fingerprint density at radius 1 is 1.03 bits per heavy atom. The molecule has 0 bridgehead atoms. The number of piperidine rings is 1. The standard InChI is InChI=1S/C27H34N6O/c28-16-20-3-9-29-24(13-20)30-25-14-22(21-4-10-32(11-5-21)23-17-34-18-23)15-26(31-25)33-12-8-27(19-33)6-1-2-7-27/h3,9,13-15,21,23H,1-2,4-8,10-12,17-19H2,(H,29,30,31). The minimum absolute atomic E-state index is 0.504. The van der Waals surface area contributed by atoms with Gasteiger partial charge in [0.05, 0.1) is 30.9 Å². The van der Waals surface area contributed by atoms with Crippen molar-refractivity contribution in [1.82, 2.24) is 14.9 Å². The molecule has 0 aromatic carbocycles. The Labute approximate surface area is 202 Å². The Morgan fingerprint density at radius 3 is 2.59 bits per heavy atom. The van der Waals surface area contributed by atoms with Gasteiger partial charge in [0.15, 0.2) is 0 Å². The van der Waals surface area contributed by atoms with Crippen molar-refractivity contribution in [2.45, 2.75) is 56.9 Å². The molecule has 1 saturated carbocycles. The molecule has 1 spiro atoms. The molecule has 6 rings (SSSR count). The van der Waals surface area contributed by atoms with Gasteiger partial charge >= 0.3 is 0 Å². The molecule has 7 heteroatoms. The van der Waals surface area contributed by atoms with Crippen molar-refractivity contribution in [3.63, 3.8) is 0 Å². The molecule has 4 aliphatic rings. The maximum absolute atomic E-state index is 9.27. The lowest BCUT2D eigenvalue weighted by molar-refractivity contribution is -0.0712. The first-order valence-electron chi connectivity index (χ1n) is 12.9. The average molecular weight is 459 g/mol. The number of aromatic nitrogens is 2. The van der Waals surface area contributed by atoms with Crippen molar-refractivity contribution in [3.8, 4) is 6.07 Å². The van der Waals surface area contributed by atoms with Gasteiger partial charge in [-0.2, -0.15) is 5.26 Å². The highest BCUT2D eigenvalue weighted by molar-refractivity contribution is 5.59. The minimum Gasteiger partial charge on any atom is -0.378 e. The van der Waals surface area contributed by atoms with Crippen LogP contribution in [0.4, 0.5) is 17.5 Å². The van der Waals surface area contributed by atoms with Gasteiger partial charge in [-0.1, -0.05) is 12.8 Å². The fourth-order valence-corrected chi connectivity index (χ4v) is 6.39. The molecule has 0 atom stereocenters. The molecule has 0 amide bonds. The summed E-state index contributed by atoms with van der Waals surface area (Å²) >= 11 is 0. The smallest absolute Gasteiger partial charge is 0.134 e. The molecular formula is C27H34N6O. The van der Waals surface area contributed by atoms with Crippen molar-refractivity contribution in [3.05, 3.63) is 41.6 Å². The van der Waals surface area contributed by atoms with Crippen LogP contribution in [0.2, 0.25) is 0 Å². The highest BCUT2D eigenvalue weighted by atomic mass is 16.5. The highest BCUT2D eigenvalue weighted by Gasteiger charge is 2.41. The van der Waals surface area contributed by atoms with Gasteiger partial charge in [0.2, 0.25) is 0 Å². The average Bonchev–Trinajstić information content (AvgIpc) is 3.48. The summed E-state index contributed by atoms with van der Waals surface area (Å²) in [5.41, 5.74) is 2.48. The van der Waals surface area contributed by atoms with E-state index in [0.29, 0.717) is 28.8 Å². The molecule has 1 aliphatic carbocycles. The molecule has 3 saturated heterocycles. The Morgan fingerprint density at radius 2 is 1.85 bits per heavy atom. The van der Waals surface area contributed by atoms with Crippen molar-refractivity contribution < 1.29 is 4.74 Å². The van der Waals surface area contributed by atoms with Crippen molar-refractivity contribution in [2.75, 3.05) is 49.6 Å². The van der Waals surface area contributed by atoms with Gasteiger partial charge in [-0.3, -0.25) is 4.90 Å². The number of anilines is 3. The minimum atomic E-state index is 0.504. The van der Waals surface area contributed by atoms with E-state index in [2.05, 4.69) is 38.3 Å². The Hall–Kier alpha value is -2.69. The fourth-order valence-electron chi connectivity index (χ4n) is 6.39. The van der Waals surface area contributed by atoms with Crippen LogP contribution in [0.25, 0.3) is 0 Å². The number of rotatable bonds is 5. The van der Waals surface area contributed by atoms with Crippen LogP contribution in [0.5, 0.6) is 0 Å². The van der Waals surface area contributed by atoms with Crippen LogP contribution in [0, 0.1) is 16.7 Å². The summed E-state index contributed by atoms with van der Waals surface area (Å²) < 4.78 is 5.41. The van der Waals surface area contributed by atoms with Crippen LogP contribution in [0.1, 0.15) is 62.0 Å². The maximum Gasteiger partial charge on any atom is 0.134 e. The SMILES string of the molecule is N#Cc1ccnc(Nc2cc(C3CCN(C4COC4)CC3)cc(N3CCC4(CCCC4)C3)n2)c1.